The molecule has 0 bridgehead atoms. The Bertz CT molecular complexity index is 660. The molecule has 0 aliphatic carbocycles. The van der Waals surface area contributed by atoms with E-state index in [0.717, 1.165) is 48.3 Å². The number of aryl methyl sites for hydroxylation is 3. The van der Waals surface area contributed by atoms with E-state index in [1.165, 1.54) is 5.56 Å². The van der Waals surface area contributed by atoms with Gasteiger partial charge < -0.3 is 0 Å². The maximum atomic E-state index is 4.53. The van der Waals surface area contributed by atoms with Gasteiger partial charge in [-0.15, -0.1) is 0 Å². The van der Waals surface area contributed by atoms with Gasteiger partial charge in [0, 0.05) is 11.4 Å². The lowest BCUT2D eigenvalue weighted by Crippen LogP contribution is -2.05. The summed E-state index contributed by atoms with van der Waals surface area (Å²) in [7, 11) is 0. The lowest BCUT2D eigenvalue weighted by Gasteiger charge is -2.07. The van der Waals surface area contributed by atoms with Crippen LogP contribution in [0.15, 0.2) is 35.4 Å². The highest BCUT2D eigenvalue weighted by Gasteiger charge is 2.03. The number of benzene rings is 1. The molecule has 0 fully saturated rings. The van der Waals surface area contributed by atoms with Gasteiger partial charge in [-0.05, 0) is 43.4 Å². The second-order valence-electron chi connectivity index (χ2n) is 5.64. The lowest BCUT2D eigenvalue weighted by molar-refractivity contribution is 0.856. The van der Waals surface area contributed by atoms with Crippen LogP contribution < -0.4 is 5.43 Å². The van der Waals surface area contributed by atoms with Crippen LogP contribution in [0.1, 0.15) is 56.6 Å². The zero-order valence-corrected chi connectivity index (χ0v) is 14.6. The van der Waals surface area contributed by atoms with Gasteiger partial charge in [0.2, 0.25) is 5.95 Å². The van der Waals surface area contributed by atoms with Gasteiger partial charge in [0.15, 0.2) is 0 Å². The molecule has 2 aromatic rings. The summed E-state index contributed by atoms with van der Waals surface area (Å²) < 4.78 is 0. The molecule has 0 saturated heterocycles. The third kappa shape index (κ3) is 4.88. The summed E-state index contributed by atoms with van der Waals surface area (Å²) in [4.78, 5) is 9.03. The van der Waals surface area contributed by atoms with Crippen molar-refractivity contribution in [2.24, 2.45) is 5.10 Å². The number of nitrogens with one attached hydrogen (secondary N) is 1. The summed E-state index contributed by atoms with van der Waals surface area (Å²) in [5.74, 6) is 0.581. The van der Waals surface area contributed by atoms with E-state index in [0.29, 0.717) is 5.95 Å². The van der Waals surface area contributed by atoms with Gasteiger partial charge >= 0.3 is 0 Å². The summed E-state index contributed by atoms with van der Waals surface area (Å²) in [5, 5.41) is 4.44. The normalized spacial score (nSPS) is 11.6. The second kappa shape index (κ2) is 8.42. The molecule has 0 aliphatic heterocycles. The third-order valence-electron chi connectivity index (χ3n) is 3.80. The van der Waals surface area contributed by atoms with Crippen molar-refractivity contribution in [1.29, 1.82) is 0 Å². The molecule has 0 radical (unpaired) electrons. The number of nitrogens with zero attached hydrogens (tertiary/aromatic N) is 3. The number of hydrogen-bond donors (Lipinski definition) is 1. The largest absolute Gasteiger partial charge is 0.245 e. The van der Waals surface area contributed by atoms with E-state index in [1.807, 2.05) is 6.92 Å². The maximum Gasteiger partial charge on any atom is 0.243 e. The molecule has 1 N–H and O–H groups in total. The standard InChI is InChI=1S/C19H26N4/c1-5-8-18-13-17(7-3)20-19(21-18)23-22-14(4)16-11-9-15(6-2)10-12-16/h9-13H,5-8H2,1-4H3,(H,20,21,23). The minimum Gasteiger partial charge on any atom is -0.245 e. The molecule has 0 unspecified atom stereocenters. The van der Waals surface area contributed by atoms with Crippen molar-refractivity contribution in [2.45, 2.75) is 53.4 Å². The number of rotatable bonds is 7. The van der Waals surface area contributed by atoms with Crippen molar-refractivity contribution in [3.8, 4) is 0 Å². The van der Waals surface area contributed by atoms with Gasteiger partial charge in [0.05, 0.1) is 5.71 Å². The summed E-state index contributed by atoms with van der Waals surface area (Å²) in [6.45, 7) is 8.41. The molecule has 0 aliphatic rings. The fraction of sp³-hybridized carbons (Fsp3) is 0.421. The molecule has 0 spiro atoms. The van der Waals surface area contributed by atoms with Crippen LogP contribution in [0.4, 0.5) is 5.95 Å². The molecule has 0 amide bonds. The highest BCUT2D eigenvalue weighted by atomic mass is 15.4. The molecule has 1 heterocycles. The number of aromatic nitrogens is 2. The van der Waals surface area contributed by atoms with Gasteiger partial charge in [0.25, 0.3) is 0 Å². The highest BCUT2D eigenvalue weighted by molar-refractivity contribution is 5.99. The van der Waals surface area contributed by atoms with Crippen LogP contribution in [0.5, 0.6) is 0 Å². The molecule has 1 aromatic carbocycles. The molecule has 0 saturated carbocycles. The van der Waals surface area contributed by atoms with Crippen LogP contribution in [0, 0.1) is 0 Å². The van der Waals surface area contributed by atoms with E-state index in [2.05, 4.69) is 71.6 Å². The summed E-state index contributed by atoms with van der Waals surface area (Å²) in [6.07, 6.45) is 3.98. The van der Waals surface area contributed by atoms with Crippen LogP contribution in [0.25, 0.3) is 0 Å². The van der Waals surface area contributed by atoms with Crippen LogP contribution in [0.3, 0.4) is 0 Å². The zero-order valence-electron chi connectivity index (χ0n) is 14.6. The Balaban J connectivity index is 2.15. The van der Waals surface area contributed by atoms with E-state index in [-0.39, 0.29) is 0 Å². The van der Waals surface area contributed by atoms with E-state index in [1.54, 1.807) is 0 Å². The van der Waals surface area contributed by atoms with Gasteiger partial charge in [0.1, 0.15) is 0 Å². The molecule has 0 atom stereocenters. The third-order valence-corrected chi connectivity index (χ3v) is 3.80. The lowest BCUT2D eigenvalue weighted by atomic mass is 10.1. The highest BCUT2D eigenvalue weighted by Crippen LogP contribution is 2.10. The number of hydrogen-bond acceptors (Lipinski definition) is 4. The van der Waals surface area contributed by atoms with Gasteiger partial charge in [-0.2, -0.15) is 5.10 Å². The first kappa shape index (κ1) is 17.1. The first-order valence-electron chi connectivity index (χ1n) is 8.42. The van der Waals surface area contributed by atoms with Crippen molar-refractivity contribution in [1.82, 2.24) is 9.97 Å². The monoisotopic (exact) mass is 310 g/mol. The molecule has 23 heavy (non-hydrogen) atoms. The van der Waals surface area contributed by atoms with Gasteiger partial charge in [-0.1, -0.05) is 51.5 Å². The molecular formula is C19H26N4. The van der Waals surface area contributed by atoms with E-state index < -0.39 is 0 Å². The quantitative estimate of drug-likeness (QED) is 0.609. The Kier molecular flexibility index (Phi) is 6.27. The summed E-state index contributed by atoms with van der Waals surface area (Å²) in [6, 6.07) is 10.6. The first-order chi connectivity index (χ1) is 11.2. The second-order valence-corrected chi connectivity index (χ2v) is 5.64. The molecule has 4 heteroatoms. The Hall–Kier alpha value is -2.23. The minimum atomic E-state index is 0.581. The topological polar surface area (TPSA) is 50.2 Å². The van der Waals surface area contributed by atoms with Gasteiger partial charge in [-0.3, -0.25) is 0 Å². The molecule has 1 aromatic heterocycles. The van der Waals surface area contributed by atoms with E-state index >= 15 is 0 Å². The average Bonchev–Trinajstić information content (AvgIpc) is 2.59. The van der Waals surface area contributed by atoms with Crippen molar-refractivity contribution >= 4 is 11.7 Å². The van der Waals surface area contributed by atoms with Gasteiger partial charge in [-0.25, -0.2) is 15.4 Å². The SMILES string of the molecule is CCCc1cc(CC)nc(NN=C(C)c2ccc(CC)cc2)n1. The van der Waals surface area contributed by atoms with Crippen molar-refractivity contribution < 1.29 is 0 Å². The molecular weight excluding hydrogens is 284 g/mol. The number of anilines is 1. The van der Waals surface area contributed by atoms with Crippen molar-refractivity contribution in [2.75, 3.05) is 5.43 Å². The molecule has 4 nitrogen and oxygen atoms in total. The maximum absolute atomic E-state index is 4.53. The molecule has 122 valence electrons. The first-order valence-corrected chi connectivity index (χ1v) is 8.42. The Morgan fingerprint density at radius 1 is 1.00 bits per heavy atom. The predicted molar refractivity (Wildman–Crippen MR) is 97.1 cm³/mol. The Morgan fingerprint density at radius 2 is 1.70 bits per heavy atom. The minimum absolute atomic E-state index is 0.581. The van der Waals surface area contributed by atoms with E-state index in [4.69, 9.17) is 0 Å². The van der Waals surface area contributed by atoms with Crippen LogP contribution in [-0.2, 0) is 19.3 Å². The smallest absolute Gasteiger partial charge is 0.243 e. The van der Waals surface area contributed by atoms with Crippen molar-refractivity contribution in [3.05, 3.63) is 52.8 Å². The predicted octanol–water partition coefficient (Wildman–Crippen LogP) is 4.39. The zero-order chi connectivity index (χ0) is 16.7. The fourth-order valence-electron chi connectivity index (χ4n) is 2.35. The number of hydrazone groups is 1. The summed E-state index contributed by atoms with van der Waals surface area (Å²) >= 11 is 0. The van der Waals surface area contributed by atoms with Crippen LogP contribution in [0.2, 0.25) is 0 Å². The Morgan fingerprint density at radius 3 is 2.30 bits per heavy atom. The van der Waals surface area contributed by atoms with Crippen LogP contribution >= 0.6 is 0 Å². The summed E-state index contributed by atoms with van der Waals surface area (Å²) in [5.41, 5.74) is 8.49. The Labute approximate surface area is 139 Å². The van der Waals surface area contributed by atoms with Crippen molar-refractivity contribution in [3.63, 3.8) is 0 Å². The average molecular weight is 310 g/mol. The fourth-order valence-corrected chi connectivity index (χ4v) is 2.35. The molecule has 2 rings (SSSR count). The van der Waals surface area contributed by atoms with Crippen LogP contribution in [-0.4, -0.2) is 15.7 Å². The van der Waals surface area contributed by atoms with E-state index in [9.17, 15) is 0 Å².